The van der Waals surface area contributed by atoms with Crippen LogP contribution in [0.25, 0.3) is 0 Å². The second kappa shape index (κ2) is 6.14. The van der Waals surface area contributed by atoms with E-state index in [-0.39, 0.29) is 12.6 Å². The Kier molecular flexibility index (Phi) is 4.52. The smallest absolute Gasteiger partial charge is 0.321 e. The average Bonchev–Trinajstić information content (AvgIpc) is 2.89. The Morgan fingerprint density at radius 3 is 2.74 bits per heavy atom. The molecule has 0 spiro atoms. The van der Waals surface area contributed by atoms with Crippen LogP contribution in [-0.2, 0) is 26.3 Å². The van der Waals surface area contributed by atoms with Gasteiger partial charge in [0.2, 0.25) is 5.89 Å². The number of ether oxygens (including phenoxy) is 2. The molecule has 1 fully saturated rings. The molecule has 0 bridgehead atoms. The summed E-state index contributed by atoms with van der Waals surface area (Å²) in [4.78, 5) is 16.6. The standard InChI is InChI=1S/C13H20N2O4/c1-3-18-12(16)13(7-5-4-6-8-13)11-14-10(9-17-2)15-19-11/h3-9H2,1-2H3. The molecule has 1 aliphatic rings. The quantitative estimate of drug-likeness (QED) is 0.760. The monoisotopic (exact) mass is 268 g/mol. The van der Waals surface area contributed by atoms with Crippen LogP contribution in [0.3, 0.4) is 0 Å². The van der Waals surface area contributed by atoms with Gasteiger partial charge in [-0.1, -0.05) is 24.4 Å². The van der Waals surface area contributed by atoms with E-state index in [0.29, 0.717) is 31.2 Å². The van der Waals surface area contributed by atoms with Crippen molar-refractivity contribution in [1.82, 2.24) is 10.1 Å². The second-order valence-corrected chi connectivity index (χ2v) is 4.81. The van der Waals surface area contributed by atoms with Crippen LogP contribution in [0.15, 0.2) is 4.52 Å². The summed E-state index contributed by atoms with van der Waals surface area (Å²) in [5, 5.41) is 3.85. The molecule has 0 aromatic carbocycles. The Balaban J connectivity index is 2.27. The van der Waals surface area contributed by atoms with Crippen molar-refractivity contribution in [2.24, 2.45) is 0 Å². The molecule has 1 aromatic rings. The van der Waals surface area contributed by atoms with Gasteiger partial charge in [-0.05, 0) is 19.8 Å². The predicted octanol–water partition coefficient (Wildman–Crippen LogP) is 1.98. The third kappa shape index (κ3) is 2.78. The summed E-state index contributed by atoms with van der Waals surface area (Å²) < 4.78 is 15.5. The summed E-state index contributed by atoms with van der Waals surface area (Å²) in [6.07, 6.45) is 4.49. The molecule has 1 heterocycles. The van der Waals surface area contributed by atoms with Crippen LogP contribution < -0.4 is 0 Å². The van der Waals surface area contributed by atoms with Gasteiger partial charge in [-0.2, -0.15) is 4.98 Å². The van der Waals surface area contributed by atoms with Gasteiger partial charge in [-0.25, -0.2) is 0 Å². The number of hydrogen-bond donors (Lipinski definition) is 0. The Labute approximate surface area is 112 Å². The summed E-state index contributed by atoms with van der Waals surface area (Å²) in [6, 6.07) is 0. The van der Waals surface area contributed by atoms with Gasteiger partial charge in [-0.3, -0.25) is 4.79 Å². The molecule has 0 radical (unpaired) electrons. The highest BCUT2D eigenvalue weighted by Crippen LogP contribution is 2.39. The second-order valence-electron chi connectivity index (χ2n) is 4.81. The van der Waals surface area contributed by atoms with Gasteiger partial charge >= 0.3 is 5.97 Å². The van der Waals surface area contributed by atoms with Crippen LogP contribution >= 0.6 is 0 Å². The molecule has 106 valence electrons. The van der Waals surface area contributed by atoms with Crippen molar-refractivity contribution in [3.63, 3.8) is 0 Å². The molecular weight excluding hydrogens is 248 g/mol. The number of nitrogens with zero attached hydrogens (tertiary/aromatic N) is 2. The van der Waals surface area contributed by atoms with E-state index in [2.05, 4.69) is 10.1 Å². The molecule has 0 atom stereocenters. The van der Waals surface area contributed by atoms with Crippen LogP contribution in [0, 0.1) is 0 Å². The number of carbonyl (C=O) groups is 1. The van der Waals surface area contributed by atoms with Crippen LogP contribution in [-0.4, -0.2) is 29.8 Å². The zero-order valence-corrected chi connectivity index (χ0v) is 11.5. The average molecular weight is 268 g/mol. The Hall–Kier alpha value is -1.43. The van der Waals surface area contributed by atoms with E-state index in [4.69, 9.17) is 14.0 Å². The summed E-state index contributed by atoms with van der Waals surface area (Å²) in [7, 11) is 1.57. The largest absolute Gasteiger partial charge is 0.465 e. The highest BCUT2D eigenvalue weighted by molar-refractivity contribution is 5.82. The maximum atomic E-state index is 12.3. The fourth-order valence-corrected chi connectivity index (χ4v) is 2.57. The van der Waals surface area contributed by atoms with Gasteiger partial charge in [0.15, 0.2) is 5.82 Å². The highest BCUT2D eigenvalue weighted by atomic mass is 16.5. The molecular formula is C13H20N2O4. The number of aromatic nitrogens is 2. The summed E-state index contributed by atoms with van der Waals surface area (Å²) in [5.41, 5.74) is -0.757. The summed E-state index contributed by atoms with van der Waals surface area (Å²) >= 11 is 0. The van der Waals surface area contributed by atoms with E-state index in [1.54, 1.807) is 14.0 Å². The molecule has 0 amide bonds. The molecule has 2 rings (SSSR count). The van der Waals surface area contributed by atoms with E-state index in [1.807, 2.05) is 0 Å². The SMILES string of the molecule is CCOC(=O)C1(c2nc(COC)no2)CCCCC1. The van der Waals surface area contributed by atoms with E-state index >= 15 is 0 Å². The van der Waals surface area contributed by atoms with Gasteiger partial charge in [0.05, 0.1) is 6.61 Å². The molecule has 6 nitrogen and oxygen atoms in total. The zero-order chi connectivity index (χ0) is 13.7. The molecule has 1 aromatic heterocycles. The lowest BCUT2D eigenvalue weighted by Crippen LogP contribution is -2.39. The first-order chi connectivity index (χ1) is 9.23. The number of rotatable bonds is 5. The predicted molar refractivity (Wildman–Crippen MR) is 66.4 cm³/mol. The van der Waals surface area contributed by atoms with Crippen molar-refractivity contribution in [3.05, 3.63) is 11.7 Å². The van der Waals surface area contributed by atoms with Crippen LogP contribution in [0.4, 0.5) is 0 Å². The maximum absolute atomic E-state index is 12.3. The van der Waals surface area contributed by atoms with Gasteiger partial charge in [0.1, 0.15) is 12.0 Å². The first-order valence-corrected chi connectivity index (χ1v) is 6.72. The molecule has 6 heteroatoms. The first kappa shape index (κ1) is 14.0. The van der Waals surface area contributed by atoms with Gasteiger partial charge < -0.3 is 14.0 Å². The van der Waals surface area contributed by atoms with Crippen molar-refractivity contribution in [3.8, 4) is 0 Å². The summed E-state index contributed by atoms with van der Waals surface area (Å²) in [5.74, 6) is 0.590. The van der Waals surface area contributed by atoms with Crippen LogP contribution in [0.2, 0.25) is 0 Å². The van der Waals surface area contributed by atoms with Crippen molar-refractivity contribution < 1.29 is 18.8 Å². The first-order valence-electron chi connectivity index (χ1n) is 6.72. The van der Waals surface area contributed by atoms with Gasteiger partial charge in [0.25, 0.3) is 0 Å². The lowest BCUT2D eigenvalue weighted by Gasteiger charge is -2.31. The minimum absolute atomic E-state index is 0.248. The molecule has 0 N–H and O–H groups in total. The van der Waals surface area contributed by atoms with Crippen molar-refractivity contribution in [1.29, 1.82) is 0 Å². The van der Waals surface area contributed by atoms with Gasteiger partial charge in [-0.15, -0.1) is 0 Å². The number of carbonyl (C=O) groups excluding carboxylic acids is 1. The van der Waals surface area contributed by atoms with Crippen molar-refractivity contribution in [2.45, 2.75) is 51.0 Å². The molecule has 0 unspecified atom stereocenters. The topological polar surface area (TPSA) is 74.5 Å². The fraction of sp³-hybridized carbons (Fsp3) is 0.769. The fourth-order valence-electron chi connectivity index (χ4n) is 2.57. The van der Waals surface area contributed by atoms with E-state index in [1.165, 1.54) is 0 Å². The molecule has 19 heavy (non-hydrogen) atoms. The number of methoxy groups -OCH3 is 1. The molecule has 0 saturated heterocycles. The van der Waals surface area contributed by atoms with Crippen molar-refractivity contribution >= 4 is 5.97 Å². The molecule has 1 aliphatic carbocycles. The van der Waals surface area contributed by atoms with Gasteiger partial charge in [0, 0.05) is 7.11 Å². The minimum atomic E-state index is -0.757. The van der Waals surface area contributed by atoms with E-state index < -0.39 is 5.41 Å². The van der Waals surface area contributed by atoms with Crippen LogP contribution in [0.5, 0.6) is 0 Å². The Morgan fingerprint density at radius 2 is 2.11 bits per heavy atom. The van der Waals surface area contributed by atoms with Crippen LogP contribution in [0.1, 0.15) is 50.7 Å². The molecule has 0 aliphatic heterocycles. The van der Waals surface area contributed by atoms with E-state index in [0.717, 1.165) is 19.3 Å². The third-order valence-corrected chi connectivity index (χ3v) is 3.52. The third-order valence-electron chi connectivity index (χ3n) is 3.52. The highest BCUT2D eigenvalue weighted by Gasteiger charge is 2.47. The Bertz CT molecular complexity index is 424. The van der Waals surface area contributed by atoms with E-state index in [9.17, 15) is 4.79 Å². The minimum Gasteiger partial charge on any atom is -0.465 e. The zero-order valence-electron chi connectivity index (χ0n) is 11.5. The molecule has 1 saturated carbocycles. The Morgan fingerprint density at radius 1 is 1.37 bits per heavy atom. The number of hydrogen-bond acceptors (Lipinski definition) is 6. The summed E-state index contributed by atoms with van der Waals surface area (Å²) in [6.45, 7) is 2.45. The lowest BCUT2D eigenvalue weighted by atomic mass is 9.74. The maximum Gasteiger partial charge on any atom is 0.321 e. The number of esters is 1. The van der Waals surface area contributed by atoms with Crippen molar-refractivity contribution in [2.75, 3.05) is 13.7 Å². The normalized spacial score (nSPS) is 18.2. The lowest BCUT2D eigenvalue weighted by molar-refractivity contribution is -0.152.